The fraction of sp³-hybridized carbons (Fsp3) is 0.276. The van der Waals surface area contributed by atoms with E-state index in [0.717, 1.165) is 25.0 Å². The maximum absolute atomic E-state index is 14.0. The fourth-order valence-electron chi connectivity index (χ4n) is 5.29. The van der Waals surface area contributed by atoms with Gasteiger partial charge in [0.2, 0.25) is 11.8 Å². The molecule has 6 rings (SSSR count). The lowest BCUT2D eigenvalue weighted by molar-refractivity contribution is -0.134. The van der Waals surface area contributed by atoms with Crippen molar-refractivity contribution < 1.29 is 23.1 Å². The van der Waals surface area contributed by atoms with E-state index in [2.05, 4.69) is 21.9 Å². The van der Waals surface area contributed by atoms with Gasteiger partial charge in [-0.25, -0.2) is 23.4 Å². The molecule has 2 aromatic carbocycles. The van der Waals surface area contributed by atoms with E-state index in [-0.39, 0.29) is 41.4 Å². The van der Waals surface area contributed by atoms with Crippen LogP contribution in [0.3, 0.4) is 0 Å². The molecule has 2 fully saturated rings. The molecule has 12 heteroatoms. The summed E-state index contributed by atoms with van der Waals surface area (Å²) < 4.78 is 35.3. The third kappa shape index (κ3) is 5.08. The number of rotatable bonds is 7. The number of ether oxygens (including phenoxy) is 1. The number of likely N-dealkylation sites (tertiary alicyclic amines) is 1. The molecule has 4 aromatic rings. The highest BCUT2D eigenvalue weighted by molar-refractivity contribution is 5.98. The second-order valence-electron chi connectivity index (χ2n) is 10.2. The molecule has 3 N–H and O–H groups in total. The number of amides is 2. The number of carbonyl (C=O) groups is 2. The summed E-state index contributed by atoms with van der Waals surface area (Å²) in [6, 6.07) is 9.81. The van der Waals surface area contributed by atoms with Gasteiger partial charge < -0.3 is 20.7 Å². The summed E-state index contributed by atoms with van der Waals surface area (Å²) >= 11 is 0. The monoisotopic (exact) mass is 559 g/mol. The zero-order valence-electron chi connectivity index (χ0n) is 22.0. The Labute approximate surface area is 233 Å². The lowest BCUT2D eigenvalue weighted by Gasteiger charge is -2.33. The molecule has 41 heavy (non-hydrogen) atoms. The number of benzene rings is 2. The molecular weight excluding hydrogens is 532 g/mol. The number of aromatic nitrogens is 4. The Balaban J connectivity index is 1.25. The van der Waals surface area contributed by atoms with Crippen molar-refractivity contribution in [1.29, 1.82) is 0 Å². The van der Waals surface area contributed by atoms with E-state index in [4.69, 9.17) is 15.6 Å². The number of hydrogen-bond acceptors (Lipinski definition) is 7. The van der Waals surface area contributed by atoms with Crippen molar-refractivity contribution in [2.24, 2.45) is 5.92 Å². The number of nitrogens with two attached hydrogens (primary N) is 1. The number of fused-ring (bicyclic) bond motifs is 1. The minimum atomic E-state index is -0.803. The first kappa shape index (κ1) is 26.4. The molecule has 2 unspecified atom stereocenters. The smallest absolute Gasteiger partial charge is 0.243 e. The predicted octanol–water partition coefficient (Wildman–Crippen LogP) is 4.00. The van der Waals surface area contributed by atoms with Crippen LogP contribution in [-0.2, 0) is 9.59 Å². The number of nitrogens with one attached hydrogen (secondary N) is 1. The number of piperidine rings is 1. The van der Waals surface area contributed by atoms with Crippen LogP contribution in [-0.4, -0.2) is 55.6 Å². The molecule has 2 aromatic heterocycles. The molecule has 3 heterocycles. The molecule has 1 saturated heterocycles. The first-order valence-corrected chi connectivity index (χ1v) is 13.3. The summed E-state index contributed by atoms with van der Waals surface area (Å²) in [4.78, 5) is 35.2. The van der Waals surface area contributed by atoms with Crippen molar-refractivity contribution in [3.8, 4) is 22.8 Å². The van der Waals surface area contributed by atoms with Crippen LogP contribution < -0.4 is 15.8 Å². The molecule has 1 aliphatic carbocycles. The third-order valence-electron chi connectivity index (χ3n) is 7.46. The van der Waals surface area contributed by atoms with Gasteiger partial charge in [0.15, 0.2) is 23.0 Å². The highest BCUT2D eigenvalue weighted by Gasteiger charge is 2.46. The average Bonchev–Trinajstić information content (AvgIpc) is 3.63. The Morgan fingerprint density at radius 1 is 1.12 bits per heavy atom. The number of halogens is 2. The fourth-order valence-corrected chi connectivity index (χ4v) is 5.29. The van der Waals surface area contributed by atoms with Crippen LogP contribution >= 0.6 is 0 Å². The van der Waals surface area contributed by atoms with Gasteiger partial charge in [0.25, 0.3) is 0 Å². The van der Waals surface area contributed by atoms with Crippen molar-refractivity contribution in [2.75, 3.05) is 18.8 Å². The number of anilines is 1. The van der Waals surface area contributed by atoms with Crippen LogP contribution in [0.25, 0.3) is 22.3 Å². The molecule has 10 nitrogen and oxygen atoms in total. The van der Waals surface area contributed by atoms with E-state index in [1.807, 2.05) is 4.90 Å². The molecule has 2 amide bonds. The number of carbonyl (C=O) groups excluding carboxylic acids is 2. The van der Waals surface area contributed by atoms with Gasteiger partial charge in [-0.3, -0.25) is 9.59 Å². The molecule has 0 radical (unpaired) electrons. The van der Waals surface area contributed by atoms with Gasteiger partial charge in [0.05, 0.1) is 17.3 Å². The molecule has 210 valence electrons. The van der Waals surface area contributed by atoms with Crippen molar-refractivity contribution in [3.63, 3.8) is 0 Å². The van der Waals surface area contributed by atoms with Gasteiger partial charge in [0, 0.05) is 24.7 Å². The van der Waals surface area contributed by atoms with Crippen LogP contribution in [0.5, 0.6) is 11.5 Å². The van der Waals surface area contributed by atoms with E-state index >= 15 is 0 Å². The maximum atomic E-state index is 14.0. The second kappa shape index (κ2) is 10.6. The zero-order chi connectivity index (χ0) is 28.7. The van der Waals surface area contributed by atoms with E-state index in [1.54, 1.807) is 28.9 Å². The standard InChI is InChI=1S/C29H27F2N7O3/c1-2-23(39)35-22-13-19(22)29(40)37-12-4-5-17(14-37)38-28-24(27(32)33-15-34-28)25(36-38)16-8-10-18(11-9-16)41-26-20(30)6-3-7-21(26)31/h2-3,6-11,15,17,19,22H,1,4-5,12-14H2,(H,35,39)(H2,32,33,34)/t17?,19-,22?/m0/s1. The highest BCUT2D eigenvalue weighted by atomic mass is 19.1. The van der Waals surface area contributed by atoms with Crippen LogP contribution in [0.2, 0.25) is 0 Å². The molecule has 3 atom stereocenters. The van der Waals surface area contributed by atoms with Gasteiger partial charge in [0.1, 0.15) is 23.6 Å². The molecule has 1 aliphatic heterocycles. The largest absolute Gasteiger partial charge is 0.451 e. The van der Waals surface area contributed by atoms with E-state index in [1.165, 1.54) is 18.5 Å². The van der Waals surface area contributed by atoms with Gasteiger partial charge in [-0.15, -0.1) is 0 Å². The second-order valence-corrected chi connectivity index (χ2v) is 10.2. The van der Waals surface area contributed by atoms with Crippen molar-refractivity contribution in [3.05, 3.63) is 73.1 Å². The lowest BCUT2D eigenvalue weighted by Crippen LogP contribution is -2.43. The van der Waals surface area contributed by atoms with Crippen LogP contribution in [0.15, 0.2) is 61.4 Å². The Morgan fingerprint density at radius 2 is 1.88 bits per heavy atom. The van der Waals surface area contributed by atoms with Gasteiger partial charge >= 0.3 is 0 Å². The number of hydrogen-bond donors (Lipinski definition) is 2. The quantitative estimate of drug-likeness (QED) is 0.328. The first-order chi connectivity index (χ1) is 19.8. The van der Waals surface area contributed by atoms with Gasteiger partial charge in [-0.2, -0.15) is 5.10 Å². The van der Waals surface area contributed by atoms with Crippen LogP contribution in [0.4, 0.5) is 14.6 Å². The topological polar surface area (TPSA) is 128 Å². The highest BCUT2D eigenvalue weighted by Crippen LogP contribution is 2.37. The summed E-state index contributed by atoms with van der Waals surface area (Å²) in [6.45, 7) is 4.53. The van der Waals surface area contributed by atoms with E-state index in [9.17, 15) is 18.4 Å². The lowest BCUT2D eigenvalue weighted by atomic mass is 10.1. The summed E-state index contributed by atoms with van der Waals surface area (Å²) in [5, 5.41) is 8.23. The summed E-state index contributed by atoms with van der Waals surface area (Å²) in [5.41, 5.74) is 8.04. The third-order valence-corrected chi connectivity index (χ3v) is 7.46. The van der Waals surface area contributed by atoms with E-state index in [0.29, 0.717) is 41.8 Å². The number of para-hydroxylation sites is 1. The Kier molecular flexibility index (Phi) is 6.82. The Bertz CT molecular complexity index is 1640. The van der Waals surface area contributed by atoms with Crippen LogP contribution in [0, 0.1) is 17.6 Å². The number of nitrogens with zero attached hydrogens (tertiary/aromatic N) is 5. The predicted molar refractivity (Wildman–Crippen MR) is 147 cm³/mol. The van der Waals surface area contributed by atoms with Gasteiger partial charge in [-0.05, 0) is 61.7 Å². The normalized spacial score (nSPS) is 20.0. The maximum Gasteiger partial charge on any atom is 0.243 e. The van der Waals surface area contributed by atoms with Gasteiger partial charge in [-0.1, -0.05) is 12.6 Å². The first-order valence-electron chi connectivity index (χ1n) is 13.3. The summed E-state index contributed by atoms with van der Waals surface area (Å²) in [7, 11) is 0. The SMILES string of the molecule is C=CC(=O)NC1C[C@@H]1C(=O)N1CCCC(n2nc(-c3ccc(Oc4c(F)cccc4F)cc3)c3c(N)ncnc32)C1. The van der Waals surface area contributed by atoms with Crippen molar-refractivity contribution >= 4 is 28.7 Å². The summed E-state index contributed by atoms with van der Waals surface area (Å²) in [5.74, 6) is -2.10. The number of nitrogen functional groups attached to an aromatic ring is 1. The summed E-state index contributed by atoms with van der Waals surface area (Å²) in [6.07, 6.45) is 4.76. The van der Waals surface area contributed by atoms with E-state index < -0.39 is 17.4 Å². The van der Waals surface area contributed by atoms with Crippen LogP contribution in [0.1, 0.15) is 25.3 Å². The Morgan fingerprint density at radius 3 is 2.61 bits per heavy atom. The molecule has 1 saturated carbocycles. The molecule has 0 bridgehead atoms. The van der Waals surface area contributed by atoms with Crippen molar-refractivity contribution in [1.82, 2.24) is 30.0 Å². The zero-order valence-corrected chi connectivity index (χ0v) is 22.0. The minimum Gasteiger partial charge on any atom is -0.451 e. The average molecular weight is 560 g/mol. The Hall–Kier alpha value is -4.87. The molecule has 2 aliphatic rings. The molecule has 0 spiro atoms. The van der Waals surface area contributed by atoms with Crippen molar-refractivity contribution in [2.45, 2.75) is 31.3 Å². The molecular formula is C29H27F2N7O3. The minimum absolute atomic E-state index is 0.0109.